The molecule has 0 aliphatic rings. The van der Waals surface area contributed by atoms with Crippen LogP contribution in [0.2, 0.25) is 0 Å². The highest BCUT2D eigenvalue weighted by molar-refractivity contribution is 5.92. The molecule has 0 aliphatic heterocycles. The summed E-state index contributed by atoms with van der Waals surface area (Å²) >= 11 is 0. The molecule has 150 valence electrons. The number of hydrogen-bond donors (Lipinski definition) is 1. The van der Waals surface area contributed by atoms with E-state index in [1.807, 2.05) is 0 Å². The van der Waals surface area contributed by atoms with Crippen LogP contribution in [0.4, 0.5) is 17.1 Å². The van der Waals surface area contributed by atoms with Crippen molar-refractivity contribution in [3.63, 3.8) is 0 Å². The quantitative estimate of drug-likeness (QED) is 0.212. The summed E-state index contributed by atoms with van der Waals surface area (Å²) in [5.74, 6) is -0.683. The number of carbonyl (C=O) groups is 1. The van der Waals surface area contributed by atoms with Crippen LogP contribution in [0.3, 0.4) is 0 Å². The number of aromatic hydroxyl groups is 1. The monoisotopic (exact) mass is 407 g/mol. The highest BCUT2D eigenvalue weighted by Gasteiger charge is 2.21. The second kappa shape index (κ2) is 8.61. The number of rotatable bonds is 6. The van der Waals surface area contributed by atoms with Crippen LogP contribution in [0, 0.1) is 20.2 Å². The van der Waals surface area contributed by atoms with Gasteiger partial charge in [-0.05, 0) is 54.1 Å². The van der Waals surface area contributed by atoms with Gasteiger partial charge in [-0.3, -0.25) is 25.2 Å². The standard InChI is InChI=1S/C20H13N3O7/c24-18-5-3-15(4-6-18)21-12-13-1-7-19(8-2-13)30-20(25)14-9-16(22(26)27)11-17(10-14)23(28)29/h1-12,24H. The average Bonchev–Trinajstić information content (AvgIpc) is 2.74. The summed E-state index contributed by atoms with van der Waals surface area (Å²) in [6.45, 7) is 0. The lowest BCUT2D eigenvalue weighted by Crippen LogP contribution is -2.09. The van der Waals surface area contributed by atoms with Crippen molar-refractivity contribution < 1.29 is 24.5 Å². The normalized spacial score (nSPS) is 10.7. The highest BCUT2D eigenvalue weighted by Crippen LogP contribution is 2.24. The molecule has 0 heterocycles. The first kappa shape index (κ1) is 20.1. The Kier molecular flexibility index (Phi) is 5.78. The maximum atomic E-state index is 12.3. The number of benzene rings is 3. The van der Waals surface area contributed by atoms with E-state index in [-0.39, 0.29) is 17.1 Å². The van der Waals surface area contributed by atoms with Gasteiger partial charge in [-0.1, -0.05) is 0 Å². The summed E-state index contributed by atoms with van der Waals surface area (Å²) in [4.78, 5) is 36.7. The predicted octanol–water partition coefficient (Wildman–Crippen LogP) is 4.18. The predicted molar refractivity (Wildman–Crippen MR) is 107 cm³/mol. The molecule has 1 N–H and O–H groups in total. The molecule has 0 aromatic heterocycles. The molecule has 10 heteroatoms. The molecule has 0 aliphatic carbocycles. The number of carbonyl (C=O) groups excluding carboxylic acids is 1. The number of aliphatic imine (C=N–C) groups is 1. The summed E-state index contributed by atoms with van der Waals surface area (Å²) in [5, 5.41) is 31.1. The third-order valence-electron chi connectivity index (χ3n) is 3.86. The highest BCUT2D eigenvalue weighted by atomic mass is 16.6. The summed E-state index contributed by atoms with van der Waals surface area (Å²) in [7, 11) is 0. The Morgan fingerprint density at radius 1 is 0.900 bits per heavy atom. The van der Waals surface area contributed by atoms with E-state index in [1.165, 1.54) is 24.3 Å². The first-order valence-corrected chi connectivity index (χ1v) is 8.41. The molecule has 30 heavy (non-hydrogen) atoms. The lowest BCUT2D eigenvalue weighted by molar-refractivity contribution is -0.394. The third-order valence-corrected chi connectivity index (χ3v) is 3.86. The molecular weight excluding hydrogens is 394 g/mol. The Morgan fingerprint density at radius 2 is 1.47 bits per heavy atom. The first-order chi connectivity index (χ1) is 14.3. The Morgan fingerprint density at radius 3 is 2.00 bits per heavy atom. The van der Waals surface area contributed by atoms with Gasteiger partial charge in [0.05, 0.1) is 27.2 Å². The van der Waals surface area contributed by atoms with Crippen molar-refractivity contribution in [2.45, 2.75) is 0 Å². The molecule has 3 aromatic rings. The van der Waals surface area contributed by atoms with E-state index in [0.717, 1.165) is 18.2 Å². The van der Waals surface area contributed by atoms with Crippen LogP contribution in [0.5, 0.6) is 11.5 Å². The van der Waals surface area contributed by atoms with Gasteiger partial charge in [0.25, 0.3) is 11.4 Å². The third kappa shape index (κ3) is 5.01. The van der Waals surface area contributed by atoms with E-state index in [4.69, 9.17) is 4.74 Å². The molecule has 0 unspecified atom stereocenters. The van der Waals surface area contributed by atoms with Gasteiger partial charge in [0.15, 0.2) is 0 Å². The fourth-order valence-electron chi connectivity index (χ4n) is 2.40. The maximum absolute atomic E-state index is 12.3. The SMILES string of the molecule is O=C(Oc1ccc(C=Nc2ccc(O)cc2)cc1)c1cc([N+](=O)[O-])cc([N+](=O)[O-])c1. The molecule has 0 saturated heterocycles. The van der Waals surface area contributed by atoms with Gasteiger partial charge >= 0.3 is 5.97 Å². The number of phenolic OH excluding ortho intramolecular Hbond substituents is 1. The molecule has 0 bridgehead atoms. The van der Waals surface area contributed by atoms with E-state index < -0.39 is 27.2 Å². The maximum Gasteiger partial charge on any atom is 0.344 e. The number of nitro groups is 2. The lowest BCUT2D eigenvalue weighted by atomic mass is 10.1. The first-order valence-electron chi connectivity index (χ1n) is 8.41. The van der Waals surface area contributed by atoms with Gasteiger partial charge in [0, 0.05) is 18.3 Å². The fraction of sp³-hybridized carbons (Fsp3) is 0. The summed E-state index contributed by atoms with van der Waals surface area (Å²) in [5.41, 5.74) is -0.146. The zero-order valence-corrected chi connectivity index (χ0v) is 15.2. The van der Waals surface area contributed by atoms with Crippen molar-refractivity contribution in [2.75, 3.05) is 0 Å². The van der Waals surface area contributed by atoms with Crippen LogP contribution < -0.4 is 4.74 Å². The number of non-ortho nitro benzene ring substituents is 2. The van der Waals surface area contributed by atoms with E-state index in [1.54, 1.807) is 30.5 Å². The largest absolute Gasteiger partial charge is 0.508 e. The van der Waals surface area contributed by atoms with Crippen molar-refractivity contribution in [1.82, 2.24) is 0 Å². The minimum Gasteiger partial charge on any atom is -0.508 e. The summed E-state index contributed by atoms with van der Waals surface area (Å²) < 4.78 is 5.14. The Balaban J connectivity index is 1.73. The Bertz CT molecular complexity index is 1110. The van der Waals surface area contributed by atoms with Crippen molar-refractivity contribution in [2.24, 2.45) is 4.99 Å². The lowest BCUT2D eigenvalue weighted by Gasteiger charge is -2.05. The van der Waals surface area contributed by atoms with Gasteiger partial charge < -0.3 is 9.84 Å². The van der Waals surface area contributed by atoms with Crippen LogP contribution in [0.15, 0.2) is 71.7 Å². The fourth-order valence-corrected chi connectivity index (χ4v) is 2.40. The van der Waals surface area contributed by atoms with Gasteiger partial charge in [-0.2, -0.15) is 0 Å². The average molecular weight is 407 g/mol. The number of phenols is 1. The number of nitro benzene ring substituents is 2. The molecule has 3 rings (SSSR count). The topological polar surface area (TPSA) is 145 Å². The zero-order valence-electron chi connectivity index (χ0n) is 15.2. The van der Waals surface area contributed by atoms with Gasteiger partial charge in [0.2, 0.25) is 0 Å². The zero-order chi connectivity index (χ0) is 21.7. The molecule has 10 nitrogen and oxygen atoms in total. The van der Waals surface area contributed by atoms with Crippen LogP contribution in [0.1, 0.15) is 15.9 Å². The van der Waals surface area contributed by atoms with E-state index in [9.17, 15) is 30.1 Å². The second-order valence-electron chi connectivity index (χ2n) is 5.99. The van der Waals surface area contributed by atoms with Crippen LogP contribution in [-0.2, 0) is 0 Å². The van der Waals surface area contributed by atoms with E-state index in [2.05, 4.69) is 4.99 Å². The minimum atomic E-state index is -0.965. The van der Waals surface area contributed by atoms with Crippen molar-refractivity contribution in [1.29, 1.82) is 0 Å². The Labute approximate surface area is 169 Å². The van der Waals surface area contributed by atoms with Crippen LogP contribution in [0.25, 0.3) is 0 Å². The van der Waals surface area contributed by atoms with Gasteiger partial charge in [0.1, 0.15) is 11.5 Å². The molecule has 0 amide bonds. The molecule has 0 fully saturated rings. The summed E-state index contributed by atoms with van der Waals surface area (Å²) in [6, 6.07) is 15.1. The van der Waals surface area contributed by atoms with Crippen molar-refractivity contribution in [3.05, 3.63) is 98.1 Å². The molecule has 0 saturated carbocycles. The molecule has 0 spiro atoms. The number of ether oxygens (including phenoxy) is 1. The van der Waals surface area contributed by atoms with Crippen molar-refractivity contribution >= 4 is 29.2 Å². The minimum absolute atomic E-state index is 0.134. The number of nitrogens with zero attached hydrogens (tertiary/aromatic N) is 3. The molecule has 0 atom stereocenters. The smallest absolute Gasteiger partial charge is 0.344 e. The Hall–Kier alpha value is -4.60. The van der Waals surface area contributed by atoms with Gasteiger partial charge in [-0.25, -0.2) is 4.79 Å². The number of esters is 1. The van der Waals surface area contributed by atoms with E-state index >= 15 is 0 Å². The molecule has 3 aromatic carbocycles. The van der Waals surface area contributed by atoms with Crippen LogP contribution in [-0.4, -0.2) is 27.1 Å². The molecular formula is C20H13N3O7. The van der Waals surface area contributed by atoms with E-state index in [0.29, 0.717) is 11.3 Å². The number of hydrogen-bond acceptors (Lipinski definition) is 8. The second-order valence-corrected chi connectivity index (χ2v) is 5.99. The van der Waals surface area contributed by atoms with Crippen molar-refractivity contribution in [3.8, 4) is 11.5 Å². The van der Waals surface area contributed by atoms with Crippen LogP contribution >= 0.6 is 0 Å². The van der Waals surface area contributed by atoms with Gasteiger partial charge in [-0.15, -0.1) is 0 Å². The molecule has 0 radical (unpaired) electrons. The summed E-state index contributed by atoms with van der Waals surface area (Å²) in [6.07, 6.45) is 1.57.